The largest absolute Gasteiger partial charge is 0.382 e. The first-order valence-electron chi connectivity index (χ1n) is 5.81. The summed E-state index contributed by atoms with van der Waals surface area (Å²) in [6.45, 7) is 1.64. The second kappa shape index (κ2) is 5.60. The number of carbonyl (C=O) groups is 1. The zero-order chi connectivity index (χ0) is 14.7. The number of hydrogen-bond acceptors (Lipinski definition) is 4. The monoisotopic (exact) mass is 278 g/mol. The zero-order valence-corrected chi connectivity index (χ0v) is 10.6. The fourth-order valence-electron chi connectivity index (χ4n) is 1.65. The van der Waals surface area contributed by atoms with E-state index in [1.54, 1.807) is 6.92 Å². The molecule has 0 saturated heterocycles. The average molecular weight is 278 g/mol. The van der Waals surface area contributed by atoms with Gasteiger partial charge in [-0.15, -0.1) is 0 Å². The number of carbonyl (C=O) groups excluding carboxylic acids is 1. The van der Waals surface area contributed by atoms with Crippen molar-refractivity contribution in [3.63, 3.8) is 0 Å². The minimum Gasteiger partial charge on any atom is -0.382 e. The van der Waals surface area contributed by atoms with Gasteiger partial charge in [-0.1, -0.05) is 6.07 Å². The SMILES string of the molecule is C[C@H](NC(=O)c1nccnc1N)c1ccc(F)c(F)c1. The summed E-state index contributed by atoms with van der Waals surface area (Å²) in [4.78, 5) is 19.5. The second-order valence-corrected chi connectivity index (χ2v) is 4.16. The molecule has 1 amide bonds. The van der Waals surface area contributed by atoms with Crippen molar-refractivity contribution in [2.75, 3.05) is 5.73 Å². The Balaban J connectivity index is 2.15. The van der Waals surface area contributed by atoms with E-state index in [-0.39, 0.29) is 11.5 Å². The van der Waals surface area contributed by atoms with E-state index >= 15 is 0 Å². The molecule has 0 bridgehead atoms. The van der Waals surface area contributed by atoms with E-state index in [1.165, 1.54) is 18.5 Å². The van der Waals surface area contributed by atoms with E-state index in [1.807, 2.05) is 0 Å². The number of nitrogen functional groups attached to an aromatic ring is 1. The summed E-state index contributed by atoms with van der Waals surface area (Å²) < 4.78 is 26.0. The molecule has 0 aliphatic rings. The highest BCUT2D eigenvalue weighted by Gasteiger charge is 2.16. The number of hydrogen-bond donors (Lipinski definition) is 2. The molecule has 20 heavy (non-hydrogen) atoms. The molecule has 0 radical (unpaired) electrons. The molecule has 1 atom stereocenters. The molecular weight excluding hydrogens is 266 g/mol. The molecular formula is C13H12F2N4O. The fourth-order valence-corrected chi connectivity index (χ4v) is 1.65. The van der Waals surface area contributed by atoms with Crippen molar-refractivity contribution in [2.24, 2.45) is 0 Å². The molecule has 104 valence electrons. The van der Waals surface area contributed by atoms with Crippen LogP contribution in [-0.4, -0.2) is 15.9 Å². The molecule has 0 fully saturated rings. The maximum Gasteiger partial charge on any atom is 0.274 e. The van der Waals surface area contributed by atoms with Crippen molar-refractivity contribution in [3.05, 3.63) is 53.5 Å². The van der Waals surface area contributed by atoms with Gasteiger partial charge in [0, 0.05) is 12.4 Å². The molecule has 0 saturated carbocycles. The Labute approximate surface area is 113 Å². The molecule has 1 heterocycles. The summed E-state index contributed by atoms with van der Waals surface area (Å²) in [7, 11) is 0. The lowest BCUT2D eigenvalue weighted by Gasteiger charge is -2.14. The highest BCUT2D eigenvalue weighted by atomic mass is 19.2. The number of nitrogens with one attached hydrogen (secondary N) is 1. The van der Waals surface area contributed by atoms with Gasteiger partial charge in [0.15, 0.2) is 23.1 Å². The van der Waals surface area contributed by atoms with Gasteiger partial charge in [0.2, 0.25) is 0 Å². The van der Waals surface area contributed by atoms with E-state index in [9.17, 15) is 13.6 Å². The van der Waals surface area contributed by atoms with Crippen LogP contribution in [0.1, 0.15) is 29.0 Å². The maximum atomic E-state index is 13.1. The van der Waals surface area contributed by atoms with Crippen LogP contribution in [0.4, 0.5) is 14.6 Å². The molecule has 1 aromatic carbocycles. The van der Waals surface area contributed by atoms with Crippen molar-refractivity contribution in [2.45, 2.75) is 13.0 Å². The lowest BCUT2D eigenvalue weighted by atomic mass is 10.1. The Kier molecular flexibility index (Phi) is 3.88. The van der Waals surface area contributed by atoms with Gasteiger partial charge in [-0.25, -0.2) is 18.7 Å². The molecule has 0 unspecified atom stereocenters. The first-order chi connectivity index (χ1) is 9.49. The summed E-state index contributed by atoms with van der Waals surface area (Å²) in [5, 5.41) is 2.59. The Morgan fingerprint density at radius 1 is 1.25 bits per heavy atom. The average Bonchev–Trinajstić information content (AvgIpc) is 2.42. The molecule has 0 aliphatic carbocycles. The van der Waals surface area contributed by atoms with Crippen LogP contribution < -0.4 is 11.1 Å². The topological polar surface area (TPSA) is 80.9 Å². The van der Waals surface area contributed by atoms with Crippen molar-refractivity contribution in [1.82, 2.24) is 15.3 Å². The Morgan fingerprint density at radius 2 is 1.95 bits per heavy atom. The molecule has 5 nitrogen and oxygen atoms in total. The first-order valence-corrected chi connectivity index (χ1v) is 5.81. The summed E-state index contributed by atoms with van der Waals surface area (Å²) in [5.41, 5.74) is 5.95. The minimum absolute atomic E-state index is 0.00230. The summed E-state index contributed by atoms with van der Waals surface area (Å²) in [5.74, 6) is -2.44. The number of amides is 1. The third-order valence-corrected chi connectivity index (χ3v) is 2.73. The number of benzene rings is 1. The second-order valence-electron chi connectivity index (χ2n) is 4.16. The van der Waals surface area contributed by atoms with E-state index < -0.39 is 23.6 Å². The zero-order valence-electron chi connectivity index (χ0n) is 10.6. The van der Waals surface area contributed by atoms with Crippen LogP contribution in [0.15, 0.2) is 30.6 Å². The van der Waals surface area contributed by atoms with Gasteiger partial charge in [0.1, 0.15) is 0 Å². The number of aromatic nitrogens is 2. The van der Waals surface area contributed by atoms with Gasteiger partial charge in [-0.3, -0.25) is 4.79 Å². The smallest absolute Gasteiger partial charge is 0.274 e. The molecule has 2 aromatic rings. The summed E-state index contributed by atoms with van der Waals surface area (Å²) in [6.07, 6.45) is 2.71. The van der Waals surface area contributed by atoms with Gasteiger partial charge >= 0.3 is 0 Å². The van der Waals surface area contributed by atoms with Crippen LogP contribution in [0.5, 0.6) is 0 Å². The highest BCUT2D eigenvalue weighted by Crippen LogP contribution is 2.16. The van der Waals surface area contributed by atoms with Crippen LogP contribution in [0.2, 0.25) is 0 Å². The lowest BCUT2D eigenvalue weighted by Crippen LogP contribution is -2.28. The number of nitrogens with zero attached hydrogens (tertiary/aromatic N) is 2. The lowest BCUT2D eigenvalue weighted by molar-refractivity contribution is 0.0935. The number of nitrogens with two attached hydrogens (primary N) is 1. The van der Waals surface area contributed by atoms with E-state index in [0.29, 0.717) is 5.56 Å². The number of anilines is 1. The van der Waals surface area contributed by atoms with E-state index in [0.717, 1.165) is 12.1 Å². The van der Waals surface area contributed by atoms with Gasteiger partial charge in [-0.2, -0.15) is 0 Å². The van der Waals surface area contributed by atoms with Crippen LogP contribution in [-0.2, 0) is 0 Å². The maximum absolute atomic E-state index is 13.1. The van der Waals surface area contributed by atoms with Gasteiger partial charge in [0.25, 0.3) is 5.91 Å². The van der Waals surface area contributed by atoms with Crippen LogP contribution >= 0.6 is 0 Å². The van der Waals surface area contributed by atoms with Crippen LogP contribution in [0.25, 0.3) is 0 Å². The van der Waals surface area contributed by atoms with E-state index in [2.05, 4.69) is 15.3 Å². The quantitative estimate of drug-likeness (QED) is 0.897. The minimum atomic E-state index is -0.970. The molecule has 0 aliphatic heterocycles. The molecule has 3 N–H and O–H groups in total. The number of rotatable bonds is 3. The predicted octanol–water partition coefficient (Wildman–Crippen LogP) is 1.83. The standard InChI is InChI=1S/C13H12F2N4O/c1-7(8-2-3-9(14)10(15)6-8)19-13(20)11-12(16)18-5-4-17-11/h2-7H,1H3,(H2,16,18)(H,19,20)/t7-/m0/s1. The van der Waals surface area contributed by atoms with Crippen molar-refractivity contribution >= 4 is 11.7 Å². The van der Waals surface area contributed by atoms with Gasteiger partial charge in [-0.05, 0) is 24.6 Å². The molecule has 7 heteroatoms. The summed E-state index contributed by atoms with van der Waals surface area (Å²) in [6, 6.07) is 2.90. The first kappa shape index (κ1) is 13.9. The normalized spacial score (nSPS) is 11.9. The van der Waals surface area contributed by atoms with Crippen molar-refractivity contribution in [3.8, 4) is 0 Å². The van der Waals surface area contributed by atoms with Crippen LogP contribution in [0.3, 0.4) is 0 Å². The van der Waals surface area contributed by atoms with E-state index in [4.69, 9.17) is 5.73 Å². The van der Waals surface area contributed by atoms with Crippen LogP contribution in [0, 0.1) is 11.6 Å². The Hall–Kier alpha value is -2.57. The number of halogens is 2. The fraction of sp³-hybridized carbons (Fsp3) is 0.154. The molecule has 2 rings (SSSR count). The highest BCUT2D eigenvalue weighted by molar-refractivity contribution is 5.96. The Bertz CT molecular complexity index is 648. The van der Waals surface area contributed by atoms with Gasteiger partial charge in [0.05, 0.1) is 6.04 Å². The summed E-state index contributed by atoms with van der Waals surface area (Å²) >= 11 is 0. The molecule has 0 spiro atoms. The third kappa shape index (κ3) is 2.87. The van der Waals surface area contributed by atoms with Gasteiger partial charge < -0.3 is 11.1 Å². The molecule has 1 aromatic heterocycles. The van der Waals surface area contributed by atoms with Crippen molar-refractivity contribution < 1.29 is 13.6 Å². The third-order valence-electron chi connectivity index (χ3n) is 2.73. The predicted molar refractivity (Wildman–Crippen MR) is 68.7 cm³/mol. The van der Waals surface area contributed by atoms with Crippen molar-refractivity contribution in [1.29, 1.82) is 0 Å². The Morgan fingerprint density at radius 3 is 2.60 bits per heavy atom.